The summed E-state index contributed by atoms with van der Waals surface area (Å²) in [6.45, 7) is 0. The summed E-state index contributed by atoms with van der Waals surface area (Å²) in [5.41, 5.74) is 6.65. The van der Waals surface area contributed by atoms with Crippen molar-refractivity contribution in [2.24, 2.45) is 10.9 Å². The fraction of sp³-hybridized carbons (Fsp3) is 0.333. The predicted molar refractivity (Wildman–Crippen MR) is 80.8 cm³/mol. The molecule has 0 saturated carbocycles. The summed E-state index contributed by atoms with van der Waals surface area (Å²) in [6.07, 6.45) is 1.96. The highest BCUT2D eigenvalue weighted by atomic mass is 79.9. The summed E-state index contributed by atoms with van der Waals surface area (Å²) >= 11 is 5.00. The van der Waals surface area contributed by atoms with Crippen LogP contribution in [0.2, 0.25) is 0 Å². The first-order valence-corrected chi connectivity index (χ1v) is 7.66. The van der Waals surface area contributed by atoms with E-state index in [2.05, 4.69) is 26.4 Å². The zero-order valence-corrected chi connectivity index (χ0v) is 12.5. The summed E-state index contributed by atoms with van der Waals surface area (Å²) in [5.74, 6) is 0.957. The van der Waals surface area contributed by atoms with E-state index in [1.165, 1.54) is 0 Å². The van der Waals surface area contributed by atoms with Crippen LogP contribution in [0.15, 0.2) is 27.8 Å². The van der Waals surface area contributed by atoms with Crippen LogP contribution in [0.4, 0.5) is 5.69 Å². The van der Waals surface area contributed by atoms with Crippen LogP contribution in [0.5, 0.6) is 0 Å². The molecule has 1 unspecified atom stereocenters. The number of anilines is 1. The van der Waals surface area contributed by atoms with E-state index in [0.717, 1.165) is 23.1 Å². The minimum absolute atomic E-state index is 0.0147. The minimum Gasteiger partial charge on any atom is -0.409 e. The number of oxime groups is 1. The van der Waals surface area contributed by atoms with E-state index < -0.39 is 0 Å². The van der Waals surface area contributed by atoms with Gasteiger partial charge < -0.3 is 16.3 Å². The van der Waals surface area contributed by atoms with E-state index in [1.54, 1.807) is 30.0 Å². The lowest BCUT2D eigenvalue weighted by Gasteiger charge is -2.13. The Hall–Kier alpha value is -1.21. The maximum atomic E-state index is 12.1. The molecule has 1 aliphatic heterocycles. The first-order chi connectivity index (χ1) is 9.11. The minimum atomic E-state index is -0.0346. The van der Waals surface area contributed by atoms with E-state index in [4.69, 9.17) is 10.9 Å². The molecule has 1 aliphatic rings. The Kier molecular flexibility index (Phi) is 4.71. The first kappa shape index (κ1) is 14.2. The molecule has 0 aliphatic carbocycles. The highest BCUT2D eigenvalue weighted by molar-refractivity contribution is 9.10. The molecule has 0 aromatic heterocycles. The molecule has 1 heterocycles. The normalized spacial score (nSPS) is 19.4. The van der Waals surface area contributed by atoms with Gasteiger partial charge in [0.2, 0.25) is 5.91 Å². The lowest BCUT2D eigenvalue weighted by Crippen LogP contribution is -2.25. The first-order valence-electron chi connectivity index (χ1n) is 5.81. The number of carbonyl (C=O) groups excluding carboxylic acids is 1. The highest BCUT2D eigenvalue weighted by Crippen LogP contribution is 2.28. The van der Waals surface area contributed by atoms with E-state index in [1.807, 2.05) is 0 Å². The largest absolute Gasteiger partial charge is 0.409 e. The Labute approximate surface area is 123 Å². The Morgan fingerprint density at radius 2 is 2.37 bits per heavy atom. The molecule has 7 heteroatoms. The summed E-state index contributed by atoms with van der Waals surface area (Å²) in [7, 11) is 0. The standard InChI is InChI=1S/C12H14BrN3O2S/c13-7-3-4-8(11(14)16-18)9(6-7)15-12(17)10-2-1-5-19-10/h3-4,6,10,18H,1-2,5H2,(H2,14,16)(H,15,17). The second kappa shape index (κ2) is 6.29. The van der Waals surface area contributed by atoms with Gasteiger partial charge in [-0.2, -0.15) is 0 Å². The number of hydrogen-bond donors (Lipinski definition) is 3. The van der Waals surface area contributed by atoms with Gasteiger partial charge in [-0.1, -0.05) is 21.1 Å². The Morgan fingerprint density at radius 1 is 1.58 bits per heavy atom. The summed E-state index contributed by atoms with van der Waals surface area (Å²) in [5, 5.41) is 14.6. The van der Waals surface area contributed by atoms with Gasteiger partial charge in [-0.05, 0) is 36.8 Å². The molecule has 1 saturated heterocycles. The number of hydrogen-bond acceptors (Lipinski definition) is 4. The Balaban J connectivity index is 2.22. The molecular weight excluding hydrogens is 330 g/mol. The smallest absolute Gasteiger partial charge is 0.237 e. The number of halogens is 1. The van der Waals surface area contributed by atoms with E-state index >= 15 is 0 Å². The van der Waals surface area contributed by atoms with Crippen molar-refractivity contribution < 1.29 is 10.0 Å². The maximum absolute atomic E-state index is 12.1. The third kappa shape index (κ3) is 3.42. The molecule has 5 nitrogen and oxygen atoms in total. The summed E-state index contributed by atoms with van der Waals surface area (Å²) < 4.78 is 0.816. The van der Waals surface area contributed by atoms with Gasteiger partial charge in [0.1, 0.15) is 0 Å². The van der Waals surface area contributed by atoms with Crippen molar-refractivity contribution in [2.75, 3.05) is 11.1 Å². The van der Waals surface area contributed by atoms with Crippen molar-refractivity contribution in [3.05, 3.63) is 28.2 Å². The van der Waals surface area contributed by atoms with Crippen LogP contribution in [-0.4, -0.2) is 28.0 Å². The number of nitrogens with two attached hydrogens (primary N) is 1. The van der Waals surface area contributed by atoms with Gasteiger partial charge in [0.25, 0.3) is 0 Å². The van der Waals surface area contributed by atoms with Crippen molar-refractivity contribution in [3.63, 3.8) is 0 Å². The number of rotatable bonds is 3. The van der Waals surface area contributed by atoms with E-state index in [0.29, 0.717) is 11.3 Å². The molecule has 0 spiro atoms. The Morgan fingerprint density at radius 3 is 3.00 bits per heavy atom. The van der Waals surface area contributed by atoms with Gasteiger partial charge in [0, 0.05) is 10.0 Å². The zero-order chi connectivity index (χ0) is 13.8. The molecular formula is C12H14BrN3O2S. The number of thioether (sulfide) groups is 1. The number of benzene rings is 1. The predicted octanol–water partition coefficient (Wildman–Crippen LogP) is 2.38. The molecule has 1 aromatic carbocycles. The van der Waals surface area contributed by atoms with E-state index in [-0.39, 0.29) is 17.0 Å². The quantitative estimate of drug-likeness (QED) is 0.340. The van der Waals surface area contributed by atoms with Gasteiger partial charge in [-0.25, -0.2) is 0 Å². The van der Waals surface area contributed by atoms with Gasteiger partial charge in [-0.3, -0.25) is 4.79 Å². The second-order valence-corrected chi connectivity index (χ2v) is 6.39. The van der Waals surface area contributed by atoms with Gasteiger partial charge >= 0.3 is 0 Å². The highest BCUT2D eigenvalue weighted by Gasteiger charge is 2.24. The van der Waals surface area contributed by atoms with Crippen LogP contribution in [-0.2, 0) is 4.79 Å². The fourth-order valence-electron chi connectivity index (χ4n) is 1.89. The van der Waals surface area contributed by atoms with Crippen LogP contribution in [0.25, 0.3) is 0 Å². The maximum Gasteiger partial charge on any atom is 0.237 e. The van der Waals surface area contributed by atoms with Crippen LogP contribution >= 0.6 is 27.7 Å². The number of amides is 1. The topological polar surface area (TPSA) is 87.7 Å². The van der Waals surface area contributed by atoms with Crippen molar-refractivity contribution >= 4 is 45.1 Å². The van der Waals surface area contributed by atoms with Crippen LogP contribution < -0.4 is 11.1 Å². The van der Waals surface area contributed by atoms with Crippen LogP contribution in [0.1, 0.15) is 18.4 Å². The fourth-order valence-corrected chi connectivity index (χ4v) is 3.42. The van der Waals surface area contributed by atoms with Gasteiger partial charge in [0.15, 0.2) is 5.84 Å². The monoisotopic (exact) mass is 343 g/mol. The van der Waals surface area contributed by atoms with Crippen molar-refractivity contribution in [2.45, 2.75) is 18.1 Å². The molecule has 4 N–H and O–H groups in total. The van der Waals surface area contributed by atoms with E-state index in [9.17, 15) is 4.79 Å². The number of amidine groups is 1. The molecule has 2 rings (SSSR count). The third-order valence-corrected chi connectivity index (χ3v) is 4.72. The van der Waals surface area contributed by atoms with Crippen LogP contribution in [0.3, 0.4) is 0 Å². The van der Waals surface area contributed by atoms with Crippen molar-refractivity contribution in [3.8, 4) is 0 Å². The lowest BCUT2D eigenvalue weighted by atomic mass is 10.1. The second-order valence-electron chi connectivity index (χ2n) is 4.17. The number of carbonyl (C=O) groups is 1. The summed E-state index contributed by atoms with van der Waals surface area (Å²) in [6, 6.07) is 5.20. The Bertz CT molecular complexity index is 516. The summed E-state index contributed by atoms with van der Waals surface area (Å²) in [4.78, 5) is 12.1. The molecule has 1 atom stereocenters. The molecule has 102 valence electrons. The van der Waals surface area contributed by atoms with Crippen molar-refractivity contribution in [1.29, 1.82) is 0 Å². The lowest BCUT2D eigenvalue weighted by molar-refractivity contribution is -0.115. The molecule has 1 aromatic rings. The molecule has 1 amide bonds. The third-order valence-electron chi connectivity index (χ3n) is 2.85. The SMILES string of the molecule is N/C(=N/O)c1ccc(Br)cc1NC(=O)C1CCCS1. The average molecular weight is 344 g/mol. The average Bonchev–Trinajstić information content (AvgIpc) is 2.92. The number of nitrogens with zero attached hydrogens (tertiary/aromatic N) is 1. The van der Waals surface area contributed by atoms with Gasteiger partial charge in [-0.15, -0.1) is 11.8 Å². The molecule has 19 heavy (non-hydrogen) atoms. The molecule has 0 radical (unpaired) electrons. The van der Waals surface area contributed by atoms with Gasteiger partial charge in [0.05, 0.1) is 10.9 Å². The molecule has 0 bridgehead atoms. The van der Waals surface area contributed by atoms with Crippen LogP contribution in [0, 0.1) is 0 Å². The van der Waals surface area contributed by atoms with Crippen molar-refractivity contribution in [1.82, 2.24) is 0 Å². The molecule has 1 fully saturated rings. The zero-order valence-electron chi connectivity index (χ0n) is 10.1. The number of nitrogens with one attached hydrogen (secondary N) is 1.